The average molecular weight is 255 g/mol. The van der Waals surface area contributed by atoms with Gasteiger partial charge in [0.05, 0.1) is 6.20 Å². The smallest absolute Gasteiger partial charge is 0.246 e. The standard InChI is InChI=1S/C13H13N5O/c1-2-17(10-6-4-3-5-7-10)13-16-11-8-14-9-15-12(11)18(13)19/h3-9,19H,2H2,1H3. The highest BCUT2D eigenvalue weighted by Crippen LogP contribution is 2.25. The van der Waals surface area contributed by atoms with Crippen LogP contribution in [0.5, 0.6) is 0 Å². The second-order valence-electron chi connectivity index (χ2n) is 4.04. The molecule has 0 aliphatic carbocycles. The summed E-state index contributed by atoms with van der Waals surface area (Å²) >= 11 is 0. The molecule has 6 nitrogen and oxygen atoms in total. The highest BCUT2D eigenvalue weighted by molar-refractivity contribution is 5.75. The van der Waals surface area contributed by atoms with Gasteiger partial charge in [0.2, 0.25) is 11.6 Å². The van der Waals surface area contributed by atoms with Gasteiger partial charge in [-0.2, -0.15) is 0 Å². The quantitative estimate of drug-likeness (QED) is 0.727. The van der Waals surface area contributed by atoms with Crippen molar-refractivity contribution in [1.82, 2.24) is 19.7 Å². The Hall–Kier alpha value is -2.63. The SMILES string of the molecule is CCN(c1ccccc1)c1nc2cncnc2n1O. The molecule has 96 valence electrons. The maximum atomic E-state index is 10.2. The van der Waals surface area contributed by atoms with E-state index >= 15 is 0 Å². The van der Waals surface area contributed by atoms with Gasteiger partial charge in [0.25, 0.3) is 0 Å². The van der Waals surface area contributed by atoms with Crippen LogP contribution >= 0.6 is 0 Å². The first-order valence-electron chi connectivity index (χ1n) is 6.01. The zero-order valence-electron chi connectivity index (χ0n) is 10.4. The van der Waals surface area contributed by atoms with Crippen LogP contribution in [0.15, 0.2) is 42.9 Å². The third kappa shape index (κ3) is 1.87. The molecule has 0 amide bonds. The number of fused-ring (bicyclic) bond motifs is 1. The molecule has 0 radical (unpaired) electrons. The maximum Gasteiger partial charge on any atom is 0.246 e. The molecule has 0 fully saturated rings. The first kappa shape index (κ1) is 11.5. The molecule has 0 aliphatic rings. The van der Waals surface area contributed by atoms with Crippen molar-refractivity contribution in [2.24, 2.45) is 0 Å². The molecular weight excluding hydrogens is 242 g/mol. The molecule has 19 heavy (non-hydrogen) atoms. The highest BCUT2D eigenvalue weighted by Gasteiger charge is 2.17. The minimum atomic E-state index is 0.402. The van der Waals surface area contributed by atoms with Crippen molar-refractivity contribution in [3.8, 4) is 0 Å². The van der Waals surface area contributed by atoms with Crippen molar-refractivity contribution >= 4 is 22.8 Å². The van der Waals surface area contributed by atoms with E-state index in [4.69, 9.17) is 0 Å². The van der Waals surface area contributed by atoms with E-state index in [1.807, 2.05) is 42.2 Å². The number of imidazole rings is 1. The molecule has 1 aromatic carbocycles. The van der Waals surface area contributed by atoms with Gasteiger partial charge in [0, 0.05) is 12.2 Å². The topological polar surface area (TPSA) is 67.1 Å². The highest BCUT2D eigenvalue weighted by atomic mass is 16.5. The number of aromatic nitrogens is 4. The lowest BCUT2D eigenvalue weighted by atomic mass is 10.3. The Morgan fingerprint density at radius 2 is 2.05 bits per heavy atom. The van der Waals surface area contributed by atoms with Gasteiger partial charge < -0.3 is 10.1 Å². The third-order valence-electron chi connectivity index (χ3n) is 2.91. The van der Waals surface area contributed by atoms with E-state index in [1.54, 1.807) is 6.20 Å². The van der Waals surface area contributed by atoms with Gasteiger partial charge in [0.15, 0.2) is 0 Å². The molecule has 0 unspecified atom stereocenters. The van der Waals surface area contributed by atoms with Crippen molar-refractivity contribution < 1.29 is 5.21 Å². The van der Waals surface area contributed by atoms with Crippen LogP contribution in [0.4, 0.5) is 11.6 Å². The third-order valence-corrected chi connectivity index (χ3v) is 2.91. The van der Waals surface area contributed by atoms with Crippen molar-refractivity contribution in [1.29, 1.82) is 0 Å². The number of hydrogen-bond acceptors (Lipinski definition) is 5. The average Bonchev–Trinajstić information content (AvgIpc) is 2.79. The Kier molecular flexibility index (Phi) is 2.75. The summed E-state index contributed by atoms with van der Waals surface area (Å²) in [4.78, 5) is 14.2. The number of anilines is 2. The number of rotatable bonds is 3. The minimum Gasteiger partial charge on any atom is -0.423 e. The predicted molar refractivity (Wildman–Crippen MR) is 71.6 cm³/mol. The summed E-state index contributed by atoms with van der Waals surface area (Å²) in [7, 11) is 0. The predicted octanol–water partition coefficient (Wildman–Crippen LogP) is 2.22. The van der Waals surface area contributed by atoms with E-state index in [0.717, 1.165) is 10.4 Å². The van der Waals surface area contributed by atoms with Crippen LogP contribution in [0.3, 0.4) is 0 Å². The number of hydrogen-bond donors (Lipinski definition) is 1. The Morgan fingerprint density at radius 1 is 1.26 bits per heavy atom. The van der Waals surface area contributed by atoms with Crippen molar-refractivity contribution in [3.63, 3.8) is 0 Å². The van der Waals surface area contributed by atoms with Gasteiger partial charge in [-0.05, 0) is 19.1 Å². The molecule has 0 saturated heterocycles. The van der Waals surface area contributed by atoms with Crippen molar-refractivity contribution in [2.45, 2.75) is 6.92 Å². The van der Waals surface area contributed by atoms with E-state index in [-0.39, 0.29) is 0 Å². The first-order chi connectivity index (χ1) is 9.31. The van der Waals surface area contributed by atoms with Gasteiger partial charge >= 0.3 is 0 Å². The Morgan fingerprint density at radius 3 is 2.74 bits per heavy atom. The molecule has 3 aromatic rings. The first-order valence-corrected chi connectivity index (χ1v) is 6.01. The Labute approximate surface area is 109 Å². The fourth-order valence-electron chi connectivity index (χ4n) is 2.03. The summed E-state index contributed by atoms with van der Waals surface area (Å²) in [6.07, 6.45) is 2.97. The van der Waals surface area contributed by atoms with E-state index in [1.165, 1.54) is 6.33 Å². The molecule has 2 aromatic heterocycles. The summed E-state index contributed by atoms with van der Waals surface area (Å²) in [5.41, 5.74) is 1.93. The van der Waals surface area contributed by atoms with E-state index in [9.17, 15) is 5.21 Å². The van der Waals surface area contributed by atoms with Crippen LogP contribution in [0.25, 0.3) is 11.2 Å². The molecule has 0 aliphatic heterocycles. The molecular formula is C13H13N5O. The largest absolute Gasteiger partial charge is 0.423 e. The maximum absolute atomic E-state index is 10.2. The number of para-hydroxylation sites is 1. The zero-order chi connectivity index (χ0) is 13.2. The van der Waals surface area contributed by atoms with Crippen LogP contribution in [0.1, 0.15) is 6.92 Å². The van der Waals surface area contributed by atoms with E-state index in [0.29, 0.717) is 23.7 Å². The molecule has 3 rings (SSSR count). The lowest BCUT2D eigenvalue weighted by Crippen LogP contribution is -2.20. The van der Waals surface area contributed by atoms with Crippen LogP contribution < -0.4 is 4.90 Å². The van der Waals surface area contributed by atoms with Crippen molar-refractivity contribution in [3.05, 3.63) is 42.9 Å². The summed E-state index contributed by atoms with van der Waals surface area (Å²) in [5, 5.41) is 10.2. The number of nitrogens with zero attached hydrogens (tertiary/aromatic N) is 5. The molecule has 1 N–H and O–H groups in total. The number of benzene rings is 1. The minimum absolute atomic E-state index is 0.402. The summed E-state index contributed by atoms with van der Waals surface area (Å²) in [6.45, 7) is 2.68. The van der Waals surface area contributed by atoms with Gasteiger partial charge in [-0.1, -0.05) is 18.2 Å². The second-order valence-corrected chi connectivity index (χ2v) is 4.04. The Bertz CT molecular complexity index is 695. The molecule has 0 spiro atoms. The Balaban J connectivity index is 2.14. The molecule has 6 heteroatoms. The summed E-state index contributed by atoms with van der Waals surface area (Å²) in [5.74, 6) is 0.434. The van der Waals surface area contributed by atoms with Crippen LogP contribution in [-0.2, 0) is 0 Å². The fraction of sp³-hybridized carbons (Fsp3) is 0.154. The lowest BCUT2D eigenvalue weighted by molar-refractivity contribution is 0.200. The van der Waals surface area contributed by atoms with Crippen LogP contribution in [0.2, 0.25) is 0 Å². The van der Waals surface area contributed by atoms with Crippen LogP contribution in [-0.4, -0.2) is 31.4 Å². The summed E-state index contributed by atoms with van der Waals surface area (Å²) in [6, 6.07) is 9.78. The van der Waals surface area contributed by atoms with E-state index < -0.39 is 0 Å². The van der Waals surface area contributed by atoms with Gasteiger partial charge in [-0.15, -0.1) is 4.73 Å². The van der Waals surface area contributed by atoms with Gasteiger partial charge in [0.1, 0.15) is 11.8 Å². The van der Waals surface area contributed by atoms with E-state index in [2.05, 4.69) is 15.0 Å². The molecule has 0 saturated carbocycles. The summed E-state index contributed by atoms with van der Waals surface area (Å²) < 4.78 is 0.994. The molecule has 2 heterocycles. The normalized spacial score (nSPS) is 10.8. The zero-order valence-corrected chi connectivity index (χ0v) is 10.4. The molecule has 0 atom stereocenters. The van der Waals surface area contributed by atoms with Crippen LogP contribution in [0, 0.1) is 0 Å². The van der Waals surface area contributed by atoms with Crippen molar-refractivity contribution in [2.75, 3.05) is 11.4 Å². The second kappa shape index (κ2) is 4.56. The van der Waals surface area contributed by atoms with Gasteiger partial charge in [-0.25, -0.2) is 15.0 Å². The molecule has 0 bridgehead atoms. The lowest BCUT2D eigenvalue weighted by Gasteiger charge is -2.20. The fourth-order valence-corrected chi connectivity index (χ4v) is 2.03. The monoisotopic (exact) mass is 255 g/mol. The van der Waals surface area contributed by atoms with Gasteiger partial charge in [-0.3, -0.25) is 0 Å².